The lowest BCUT2D eigenvalue weighted by Crippen LogP contribution is -2.45. The van der Waals surface area contributed by atoms with E-state index in [9.17, 15) is 14.7 Å². The molecule has 0 radical (unpaired) electrons. The molecule has 8 nitrogen and oxygen atoms in total. The van der Waals surface area contributed by atoms with Crippen LogP contribution in [0.1, 0.15) is 76.0 Å². The van der Waals surface area contributed by atoms with Gasteiger partial charge in [0.25, 0.3) is 0 Å². The van der Waals surface area contributed by atoms with Crippen LogP contribution in [0.25, 0.3) is 0 Å². The van der Waals surface area contributed by atoms with Crippen molar-refractivity contribution in [3.8, 4) is 0 Å². The highest BCUT2D eigenvalue weighted by Crippen LogP contribution is 2.39. The molecule has 0 aromatic heterocycles. The van der Waals surface area contributed by atoms with E-state index in [0.717, 1.165) is 36.1 Å². The first-order valence-corrected chi connectivity index (χ1v) is 13.0. The van der Waals surface area contributed by atoms with E-state index in [1.165, 1.54) is 6.92 Å². The zero-order valence-corrected chi connectivity index (χ0v) is 22.1. The number of rotatable bonds is 7. The average Bonchev–Trinajstić information content (AvgIpc) is 3.31. The van der Waals surface area contributed by atoms with Crippen LogP contribution < -0.4 is 5.32 Å². The maximum atomic E-state index is 12.9. The second kappa shape index (κ2) is 11.7. The molecule has 4 unspecified atom stereocenters. The van der Waals surface area contributed by atoms with Crippen LogP contribution in [-0.2, 0) is 30.4 Å². The maximum absolute atomic E-state index is 12.9. The molecule has 4 rings (SSSR count). The van der Waals surface area contributed by atoms with Gasteiger partial charge in [0.15, 0.2) is 6.29 Å². The smallest absolute Gasteiger partial charge is 0.323 e. The number of hydrogen-bond acceptors (Lipinski definition) is 7. The van der Waals surface area contributed by atoms with Crippen molar-refractivity contribution >= 4 is 17.6 Å². The van der Waals surface area contributed by atoms with Gasteiger partial charge < -0.3 is 24.6 Å². The standard InChI is InChI=1S/C29H38N2O6/c1-19(33)30-23-8-5-7-22(15-23)28-35-24(16-26(36-28)21-12-10-20(18-32)11-13-21)17-31-14-6-9-25(31)27(34)37-29(2,3)4/h5,7-8,10-13,15,24-26,28,32H,6,9,14,16-18H2,1-4H3,(H,30,33). The molecule has 2 fully saturated rings. The molecule has 2 N–H and O–H groups in total. The van der Waals surface area contributed by atoms with Gasteiger partial charge in [0.1, 0.15) is 11.6 Å². The number of aliphatic hydroxyl groups excluding tert-OH is 1. The molecule has 2 aliphatic heterocycles. The number of likely N-dealkylation sites (tertiary alicyclic amines) is 1. The first-order chi connectivity index (χ1) is 17.6. The Bertz CT molecular complexity index is 1080. The van der Waals surface area contributed by atoms with Crippen molar-refractivity contribution in [2.45, 2.75) is 83.7 Å². The normalized spacial score (nSPS) is 24.6. The minimum absolute atomic E-state index is 0.0167. The Morgan fingerprint density at radius 1 is 1.11 bits per heavy atom. The molecule has 2 aliphatic rings. The summed E-state index contributed by atoms with van der Waals surface area (Å²) >= 11 is 0. The number of nitrogens with one attached hydrogen (secondary N) is 1. The lowest BCUT2D eigenvalue weighted by atomic mass is 9.99. The third-order valence-corrected chi connectivity index (χ3v) is 6.57. The van der Waals surface area contributed by atoms with Crippen LogP contribution in [-0.4, -0.2) is 52.7 Å². The number of hydrogen-bond donors (Lipinski definition) is 2. The molecule has 4 atom stereocenters. The Morgan fingerprint density at radius 3 is 2.54 bits per heavy atom. The summed E-state index contributed by atoms with van der Waals surface area (Å²) in [6.45, 7) is 8.51. The van der Waals surface area contributed by atoms with Crippen molar-refractivity contribution in [2.24, 2.45) is 0 Å². The van der Waals surface area contributed by atoms with Crippen molar-refractivity contribution in [1.82, 2.24) is 4.90 Å². The minimum Gasteiger partial charge on any atom is -0.459 e. The summed E-state index contributed by atoms with van der Waals surface area (Å²) in [4.78, 5) is 26.6. The van der Waals surface area contributed by atoms with Gasteiger partial charge in [0.05, 0.1) is 18.8 Å². The Labute approximate surface area is 218 Å². The zero-order chi connectivity index (χ0) is 26.6. The van der Waals surface area contributed by atoms with Gasteiger partial charge in [-0.15, -0.1) is 0 Å². The number of carbonyl (C=O) groups excluding carboxylic acids is 2. The van der Waals surface area contributed by atoms with Gasteiger partial charge in [-0.3, -0.25) is 14.5 Å². The fraction of sp³-hybridized carbons (Fsp3) is 0.517. The number of carbonyl (C=O) groups is 2. The molecule has 37 heavy (non-hydrogen) atoms. The highest BCUT2D eigenvalue weighted by molar-refractivity contribution is 5.88. The van der Waals surface area contributed by atoms with Crippen LogP contribution in [0.4, 0.5) is 5.69 Å². The Morgan fingerprint density at radius 2 is 1.86 bits per heavy atom. The zero-order valence-electron chi connectivity index (χ0n) is 22.1. The van der Waals surface area contributed by atoms with Crippen molar-refractivity contribution in [2.75, 3.05) is 18.4 Å². The van der Waals surface area contributed by atoms with Gasteiger partial charge in [-0.2, -0.15) is 0 Å². The summed E-state index contributed by atoms with van der Waals surface area (Å²) < 4.78 is 18.6. The second-order valence-corrected chi connectivity index (χ2v) is 10.8. The van der Waals surface area contributed by atoms with E-state index in [-0.39, 0.29) is 36.7 Å². The predicted molar refractivity (Wildman–Crippen MR) is 140 cm³/mol. The van der Waals surface area contributed by atoms with Gasteiger partial charge in [-0.05, 0) is 63.4 Å². The molecule has 0 aliphatic carbocycles. The lowest BCUT2D eigenvalue weighted by Gasteiger charge is -2.38. The van der Waals surface area contributed by atoms with E-state index in [1.807, 2.05) is 69.3 Å². The third-order valence-electron chi connectivity index (χ3n) is 6.57. The van der Waals surface area contributed by atoms with E-state index in [0.29, 0.717) is 18.7 Å². The molecule has 0 bridgehead atoms. The number of aliphatic hydroxyl groups is 1. The van der Waals surface area contributed by atoms with Gasteiger partial charge >= 0.3 is 5.97 Å². The topological polar surface area (TPSA) is 97.3 Å². The van der Waals surface area contributed by atoms with Crippen LogP contribution in [0.5, 0.6) is 0 Å². The summed E-state index contributed by atoms with van der Waals surface area (Å²) in [5.41, 5.74) is 2.78. The minimum atomic E-state index is -0.641. The number of amides is 1. The summed E-state index contributed by atoms with van der Waals surface area (Å²) in [7, 11) is 0. The second-order valence-electron chi connectivity index (χ2n) is 10.8. The Balaban J connectivity index is 1.55. The van der Waals surface area contributed by atoms with Crippen LogP contribution in [0.3, 0.4) is 0 Å². The molecule has 0 saturated carbocycles. The molecule has 200 valence electrons. The van der Waals surface area contributed by atoms with Crippen molar-refractivity contribution in [1.29, 1.82) is 0 Å². The van der Waals surface area contributed by atoms with Gasteiger partial charge in [0.2, 0.25) is 5.91 Å². The highest BCUT2D eigenvalue weighted by atomic mass is 16.7. The quantitative estimate of drug-likeness (QED) is 0.530. The monoisotopic (exact) mass is 510 g/mol. The third kappa shape index (κ3) is 7.38. The maximum Gasteiger partial charge on any atom is 0.323 e. The number of nitrogens with zero attached hydrogens (tertiary/aromatic N) is 1. The summed E-state index contributed by atoms with van der Waals surface area (Å²) in [5, 5.41) is 12.2. The van der Waals surface area contributed by atoms with E-state index < -0.39 is 11.9 Å². The molecular weight excluding hydrogens is 472 g/mol. The number of benzene rings is 2. The highest BCUT2D eigenvalue weighted by Gasteiger charge is 2.38. The van der Waals surface area contributed by atoms with E-state index in [1.54, 1.807) is 0 Å². The Hall–Kier alpha value is -2.78. The van der Waals surface area contributed by atoms with Crippen molar-refractivity contribution in [3.63, 3.8) is 0 Å². The molecule has 2 saturated heterocycles. The molecule has 8 heteroatoms. The van der Waals surface area contributed by atoms with Gasteiger partial charge in [-0.1, -0.05) is 36.4 Å². The number of ether oxygens (including phenoxy) is 3. The number of esters is 1. The fourth-order valence-electron chi connectivity index (χ4n) is 4.94. The predicted octanol–water partition coefficient (Wildman–Crippen LogP) is 4.49. The molecule has 1 amide bonds. The summed E-state index contributed by atoms with van der Waals surface area (Å²) in [6, 6.07) is 14.9. The number of anilines is 1. The largest absolute Gasteiger partial charge is 0.459 e. The molecule has 2 aromatic rings. The Kier molecular flexibility index (Phi) is 8.64. The van der Waals surface area contributed by atoms with Crippen molar-refractivity contribution in [3.05, 3.63) is 65.2 Å². The molecule has 2 heterocycles. The van der Waals surface area contributed by atoms with Gasteiger partial charge in [-0.25, -0.2) is 0 Å². The first-order valence-electron chi connectivity index (χ1n) is 13.0. The van der Waals surface area contributed by atoms with Crippen molar-refractivity contribution < 1.29 is 28.9 Å². The average molecular weight is 511 g/mol. The molecular formula is C29H38N2O6. The summed E-state index contributed by atoms with van der Waals surface area (Å²) in [5.74, 6) is -0.336. The van der Waals surface area contributed by atoms with E-state index in [4.69, 9.17) is 14.2 Å². The van der Waals surface area contributed by atoms with Crippen LogP contribution >= 0.6 is 0 Å². The fourth-order valence-corrected chi connectivity index (χ4v) is 4.94. The van der Waals surface area contributed by atoms with Crippen LogP contribution in [0.15, 0.2) is 48.5 Å². The lowest BCUT2D eigenvalue weighted by molar-refractivity contribution is -0.253. The van der Waals surface area contributed by atoms with E-state index >= 15 is 0 Å². The van der Waals surface area contributed by atoms with Gasteiger partial charge in [0, 0.05) is 31.1 Å². The molecule has 0 spiro atoms. The van der Waals surface area contributed by atoms with Crippen LogP contribution in [0.2, 0.25) is 0 Å². The van der Waals surface area contributed by atoms with E-state index in [2.05, 4.69) is 10.2 Å². The first kappa shape index (κ1) is 27.3. The molecule has 2 aromatic carbocycles. The summed E-state index contributed by atoms with van der Waals surface area (Å²) in [6.07, 6.45) is 1.26. The van der Waals surface area contributed by atoms with Crippen LogP contribution in [0, 0.1) is 0 Å². The SMILES string of the molecule is CC(=O)Nc1cccc(C2OC(CN3CCCC3C(=O)OC(C)(C)C)CC(c3ccc(CO)cc3)O2)c1.